The molecule has 1 fully saturated rings. The molecule has 3 nitrogen and oxygen atoms in total. The van der Waals surface area contributed by atoms with E-state index < -0.39 is 11.8 Å². The second-order valence-corrected chi connectivity index (χ2v) is 4.14. The number of carbonyl (C=O) groups is 1. The highest BCUT2D eigenvalue weighted by Crippen LogP contribution is 2.34. The van der Waals surface area contributed by atoms with Gasteiger partial charge in [0.15, 0.2) is 0 Å². The van der Waals surface area contributed by atoms with Gasteiger partial charge < -0.3 is 10.2 Å². The number of amides is 1. The smallest absolute Gasteiger partial charge is 0.263 e. The lowest BCUT2D eigenvalue weighted by Crippen LogP contribution is -2.48. The van der Waals surface area contributed by atoms with Gasteiger partial charge in [0.2, 0.25) is 5.91 Å². The fraction of sp³-hybridized carbons (Fsp3) is 0.900. The van der Waals surface area contributed by atoms with Gasteiger partial charge >= 0.3 is 0 Å². The molecule has 1 unspecified atom stereocenters. The molecular weight excluding hydrogens is 202 g/mol. The van der Waals surface area contributed by atoms with Crippen LogP contribution >= 0.6 is 0 Å². The maximum atomic E-state index is 13.5. The van der Waals surface area contributed by atoms with Crippen molar-refractivity contribution in [3.63, 3.8) is 0 Å². The van der Waals surface area contributed by atoms with E-state index in [1.165, 1.54) is 0 Å². The summed E-state index contributed by atoms with van der Waals surface area (Å²) < 4.78 is 27.0. The lowest BCUT2D eigenvalue weighted by molar-refractivity contribution is -0.134. The molecular formula is C10H18F2N2O. The van der Waals surface area contributed by atoms with Crippen molar-refractivity contribution in [1.29, 1.82) is 0 Å². The Bertz CT molecular complexity index is 233. The molecule has 5 heteroatoms. The maximum Gasteiger partial charge on any atom is 0.263 e. The monoisotopic (exact) mass is 220 g/mol. The number of hydrogen-bond acceptors (Lipinski definition) is 2. The normalized spacial score (nSPS) is 26.3. The van der Waals surface area contributed by atoms with E-state index in [9.17, 15) is 13.6 Å². The number of nitrogens with zero attached hydrogens (tertiary/aromatic N) is 1. The molecule has 1 heterocycles. The SMILES string of the molecule is CCNC(=O)CC1CCN(C)CC1(F)F. The van der Waals surface area contributed by atoms with Crippen LogP contribution in [-0.2, 0) is 4.79 Å². The van der Waals surface area contributed by atoms with E-state index in [4.69, 9.17) is 0 Å². The first-order valence-electron chi connectivity index (χ1n) is 5.28. The van der Waals surface area contributed by atoms with E-state index in [2.05, 4.69) is 5.32 Å². The fourth-order valence-corrected chi connectivity index (χ4v) is 1.90. The van der Waals surface area contributed by atoms with Crippen molar-refractivity contribution in [1.82, 2.24) is 10.2 Å². The van der Waals surface area contributed by atoms with Crippen molar-refractivity contribution in [3.05, 3.63) is 0 Å². The predicted octanol–water partition coefficient (Wildman–Crippen LogP) is 1.10. The summed E-state index contributed by atoms with van der Waals surface area (Å²) in [5.41, 5.74) is 0. The Hall–Kier alpha value is -0.710. The Balaban J connectivity index is 2.50. The number of carbonyl (C=O) groups excluding carboxylic acids is 1. The molecule has 15 heavy (non-hydrogen) atoms. The lowest BCUT2D eigenvalue weighted by atomic mass is 9.90. The second kappa shape index (κ2) is 4.88. The molecule has 0 aromatic carbocycles. The Labute approximate surface area is 88.8 Å². The van der Waals surface area contributed by atoms with Crippen LogP contribution in [0.15, 0.2) is 0 Å². The third-order valence-electron chi connectivity index (χ3n) is 2.74. The largest absolute Gasteiger partial charge is 0.356 e. The summed E-state index contributed by atoms with van der Waals surface area (Å²) in [6.07, 6.45) is 0.329. The lowest BCUT2D eigenvalue weighted by Gasteiger charge is -2.36. The number of alkyl halides is 2. The third kappa shape index (κ3) is 3.41. The van der Waals surface area contributed by atoms with Gasteiger partial charge in [-0.15, -0.1) is 0 Å². The van der Waals surface area contributed by atoms with Gasteiger partial charge in [-0.05, 0) is 26.9 Å². The quantitative estimate of drug-likeness (QED) is 0.772. The van der Waals surface area contributed by atoms with Crippen molar-refractivity contribution >= 4 is 5.91 Å². The first kappa shape index (κ1) is 12.4. The van der Waals surface area contributed by atoms with Crippen molar-refractivity contribution in [3.8, 4) is 0 Å². The fourth-order valence-electron chi connectivity index (χ4n) is 1.90. The third-order valence-corrected chi connectivity index (χ3v) is 2.74. The highest BCUT2D eigenvalue weighted by Gasteiger charge is 2.44. The summed E-state index contributed by atoms with van der Waals surface area (Å²) in [5.74, 6) is -3.81. The zero-order valence-electron chi connectivity index (χ0n) is 9.22. The van der Waals surface area contributed by atoms with E-state index in [0.29, 0.717) is 19.5 Å². The van der Waals surface area contributed by atoms with Crippen LogP contribution in [0.5, 0.6) is 0 Å². The Morgan fingerprint density at radius 1 is 1.60 bits per heavy atom. The van der Waals surface area contributed by atoms with Crippen LogP contribution in [0.3, 0.4) is 0 Å². The molecule has 0 radical (unpaired) electrons. The average Bonchev–Trinajstić information content (AvgIpc) is 2.09. The number of piperidine rings is 1. The molecule has 0 aromatic heterocycles. The minimum Gasteiger partial charge on any atom is -0.356 e. The van der Waals surface area contributed by atoms with E-state index in [1.54, 1.807) is 18.9 Å². The molecule has 88 valence electrons. The Kier molecular flexibility index (Phi) is 4.02. The molecule has 0 aromatic rings. The van der Waals surface area contributed by atoms with Gasteiger partial charge in [0.05, 0.1) is 6.54 Å². The van der Waals surface area contributed by atoms with Crippen LogP contribution in [0.4, 0.5) is 8.78 Å². The van der Waals surface area contributed by atoms with Gasteiger partial charge in [-0.3, -0.25) is 4.79 Å². The predicted molar refractivity (Wildman–Crippen MR) is 53.9 cm³/mol. The molecule has 0 aliphatic carbocycles. The Morgan fingerprint density at radius 2 is 2.27 bits per heavy atom. The molecule has 1 rings (SSSR count). The molecule has 0 spiro atoms. The van der Waals surface area contributed by atoms with Gasteiger partial charge in [0, 0.05) is 18.9 Å². The summed E-state index contributed by atoms with van der Waals surface area (Å²) in [5, 5.41) is 2.56. The zero-order chi connectivity index (χ0) is 11.5. The number of hydrogen-bond donors (Lipinski definition) is 1. The minimum atomic E-state index is -2.74. The summed E-state index contributed by atoms with van der Waals surface area (Å²) in [6.45, 7) is 2.68. The first-order chi connectivity index (χ1) is 6.95. The molecule has 1 atom stereocenters. The Morgan fingerprint density at radius 3 is 2.80 bits per heavy atom. The van der Waals surface area contributed by atoms with E-state index in [1.807, 2.05) is 0 Å². The minimum absolute atomic E-state index is 0.0608. The highest BCUT2D eigenvalue weighted by atomic mass is 19.3. The number of likely N-dealkylation sites (tertiary alicyclic amines) is 1. The van der Waals surface area contributed by atoms with E-state index in [-0.39, 0.29) is 18.9 Å². The van der Waals surface area contributed by atoms with Gasteiger partial charge in [0.1, 0.15) is 0 Å². The molecule has 1 aliphatic heterocycles. The van der Waals surface area contributed by atoms with Gasteiger partial charge in [0.25, 0.3) is 5.92 Å². The van der Waals surface area contributed by atoms with E-state index >= 15 is 0 Å². The zero-order valence-corrected chi connectivity index (χ0v) is 9.22. The van der Waals surface area contributed by atoms with Crippen LogP contribution in [0.2, 0.25) is 0 Å². The summed E-state index contributed by atoms with van der Waals surface area (Å²) in [6, 6.07) is 0. The van der Waals surface area contributed by atoms with Gasteiger partial charge in [-0.25, -0.2) is 8.78 Å². The molecule has 0 saturated carbocycles. The number of rotatable bonds is 3. The van der Waals surface area contributed by atoms with E-state index in [0.717, 1.165) is 0 Å². The molecule has 1 aliphatic rings. The molecule has 1 N–H and O–H groups in total. The molecule has 1 amide bonds. The molecule has 0 bridgehead atoms. The second-order valence-electron chi connectivity index (χ2n) is 4.14. The molecule has 1 saturated heterocycles. The number of nitrogens with one attached hydrogen (secondary N) is 1. The van der Waals surface area contributed by atoms with Crippen molar-refractivity contribution in [2.45, 2.75) is 25.7 Å². The van der Waals surface area contributed by atoms with Gasteiger partial charge in [-0.2, -0.15) is 0 Å². The van der Waals surface area contributed by atoms with Gasteiger partial charge in [-0.1, -0.05) is 0 Å². The summed E-state index contributed by atoms with van der Waals surface area (Å²) >= 11 is 0. The van der Waals surface area contributed by atoms with Crippen LogP contribution in [0.1, 0.15) is 19.8 Å². The van der Waals surface area contributed by atoms with Crippen molar-refractivity contribution < 1.29 is 13.6 Å². The topological polar surface area (TPSA) is 32.3 Å². The first-order valence-corrected chi connectivity index (χ1v) is 5.28. The average molecular weight is 220 g/mol. The van der Waals surface area contributed by atoms with Crippen molar-refractivity contribution in [2.75, 3.05) is 26.7 Å². The van der Waals surface area contributed by atoms with Crippen LogP contribution in [-0.4, -0.2) is 43.4 Å². The standard InChI is InChI=1S/C10H18F2N2O/c1-3-13-9(15)6-8-4-5-14(2)7-10(8,11)12/h8H,3-7H2,1-2H3,(H,13,15). The van der Waals surface area contributed by atoms with Crippen LogP contribution < -0.4 is 5.32 Å². The maximum absolute atomic E-state index is 13.5. The van der Waals surface area contributed by atoms with Crippen LogP contribution in [0.25, 0.3) is 0 Å². The number of halogens is 2. The van der Waals surface area contributed by atoms with Crippen molar-refractivity contribution in [2.24, 2.45) is 5.92 Å². The summed E-state index contributed by atoms with van der Waals surface area (Å²) in [4.78, 5) is 12.8. The highest BCUT2D eigenvalue weighted by molar-refractivity contribution is 5.76. The summed E-state index contributed by atoms with van der Waals surface area (Å²) in [7, 11) is 1.68. The van der Waals surface area contributed by atoms with Crippen LogP contribution in [0, 0.1) is 5.92 Å².